The van der Waals surface area contributed by atoms with Crippen LogP contribution in [-0.2, 0) is 13.8 Å². The number of allylic oxidation sites excluding steroid dienone is 5. The molecule has 4 unspecified atom stereocenters. The average molecular weight is 493 g/mol. The molecule has 1 fully saturated rings. The highest BCUT2D eigenvalue weighted by Gasteiger charge is 2.52. The van der Waals surface area contributed by atoms with Crippen LogP contribution in [0, 0.1) is 17.3 Å². The Hall–Kier alpha value is -1.17. The second-order valence-electron chi connectivity index (χ2n) is 10.8. The van der Waals surface area contributed by atoms with E-state index in [0.717, 1.165) is 49.7 Å². The van der Waals surface area contributed by atoms with Gasteiger partial charge in [0.15, 0.2) is 0 Å². The third kappa shape index (κ3) is 6.14. The number of hydrogen-bond acceptors (Lipinski definition) is 4. The highest BCUT2D eigenvalue weighted by molar-refractivity contribution is 7.54. The lowest BCUT2D eigenvalue weighted by Crippen LogP contribution is -2.47. The predicted molar refractivity (Wildman–Crippen MR) is 140 cm³/mol. The zero-order valence-corrected chi connectivity index (χ0v) is 22.9. The van der Waals surface area contributed by atoms with Gasteiger partial charge in [0.25, 0.3) is 0 Å². The second-order valence-corrected chi connectivity index (χ2v) is 13.1. The fourth-order valence-electron chi connectivity index (χ4n) is 5.17. The fourth-order valence-corrected chi connectivity index (χ4v) is 6.74. The van der Waals surface area contributed by atoms with Crippen molar-refractivity contribution in [2.75, 3.05) is 27.2 Å². The molecule has 0 saturated carbocycles. The van der Waals surface area contributed by atoms with E-state index in [9.17, 15) is 9.67 Å². The van der Waals surface area contributed by atoms with Crippen molar-refractivity contribution in [1.29, 1.82) is 0 Å². The molecule has 0 aromatic carbocycles. The number of nitrogens with one attached hydrogen (secondary N) is 1. The normalized spacial score (nSPS) is 33.1. The van der Waals surface area contributed by atoms with E-state index in [2.05, 4.69) is 51.5 Å². The van der Waals surface area contributed by atoms with E-state index in [4.69, 9.17) is 9.26 Å². The minimum Gasteiger partial charge on any atom is -0.512 e. The monoisotopic (exact) mass is 492 g/mol. The van der Waals surface area contributed by atoms with Crippen molar-refractivity contribution in [2.24, 2.45) is 17.3 Å². The number of aliphatic hydroxyl groups excluding tert-OH is 1. The summed E-state index contributed by atoms with van der Waals surface area (Å²) in [5, 5.41) is 14.7. The van der Waals surface area contributed by atoms with Gasteiger partial charge in [0.1, 0.15) is 5.76 Å². The molecule has 3 aliphatic rings. The number of unbranched alkanes of at least 4 members (excludes halogenated alkanes) is 2. The lowest BCUT2D eigenvalue weighted by molar-refractivity contribution is 0.0260. The van der Waals surface area contributed by atoms with E-state index in [-0.39, 0.29) is 17.9 Å². The van der Waals surface area contributed by atoms with Crippen molar-refractivity contribution in [3.05, 3.63) is 47.3 Å². The van der Waals surface area contributed by atoms with Gasteiger partial charge >= 0.3 is 7.67 Å². The second kappa shape index (κ2) is 11.3. The molecule has 1 heterocycles. The lowest BCUT2D eigenvalue weighted by atomic mass is 9.60. The van der Waals surface area contributed by atoms with Crippen molar-refractivity contribution >= 4 is 7.67 Å². The highest BCUT2D eigenvalue weighted by Crippen LogP contribution is 2.56. The number of nitrogens with zero attached hydrogens (tertiary/aromatic N) is 1. The van der Waals surface area contributed by atoms with Gasteiger partial charge in [-0.25, -0.2) is 9.76 Å². The molecule has 1 saturated heterocycles. The quantitative estimate of drug-likeness (QED) is 0.139. The Morgan fingerprint density at radius 3 is 2.68 bits per heavy atom. The topological polar surface area (TPSA) is 74.3 Å². The van der Waals surface area contributed by atoms with E-state index in [0.29, 0.717) is 18.9 Å². The van der Waals surface area contributed by atoms with E-state index >= 15 is 0 Å². The average Bonchev–Trinajstić information content (AvgIpc) is 3.60. The molecule has 6 nitrogen and oxygen atoms in total. The molecule has 0 aromatic rings. The molecule has 6 atom stereocenters. The smallest absolute Gasteiger partial charge is 0.343 e. The SMILES string of the molecule is C=C(C)[C@@H]1CCC(C)=C[C@H]1C1(C)C(O)=CC(CCCCC)=CC1OP(=O)(NCC1CO1)N(C)C. The molecular weight excluding hydrogens is 447 g/mol. The van der Waals surface area contributed by atoms with Crippen LogP contribution in [0.2, 0.25) is 0 Å². The number of hydrogen-bond donors (Lipinski definition) is 2. The summed E-state index contributed by atoms with van der Waals surface area (Å²) < 4.78 is 27.5. The number of aliphatic hydroxyl groups is 1. The van der Waals surface area contributed by atoms with Crippen LogP contribution in [0.15, 0.2) is 47.3 Å². The molecule has 3 rings (SSSR count). The first-order valence-corrected chi connectivity index (χ1v) is 14.4. The van der Waals surface area contributed by atoms with Crippen LogP contribution in [0.25, 0.3) is 0 Å². The third-order valence-electron chi connectivity index (χ3n) is 7.68. The maximum Gasteiger partial charge on any atom is 0.343 e. The van der Waals surface area contributed by atoms with E-state index < -0.39 is 19.2 Å². The van der Waals surface area contributed by atoms with Crippen molar-refractivity contribution in [2.45, 2.75) is 78.4 Å². The molecule has 1 aliphatic heterocycles. The van der Waals surface area contributed by atoms with Gasteiger partial charge in [-0.2, -0.15) is 0 Å². The van der Waals surface area contributed by atoms with Gasteiger partial charge in [-0.1, -0.05) is 49.6 Å². The summed E-state index contributed by atoms with van der Waals surface area (Å²) in [6.07, 6.45) is 12.1. The van der Waals surface area contributed by atoms with E-state index in [1.165, 1.54) is 5.57 Å². The van der Waals surface area contributed by atoms with Crippen LogP contribution >= 0.6 is 7.67 Å². The first-order valence-electron chi connectivity index (χ1n) is 12.8. The summed E-state index contributed by atoms with van der Waals surface area (Å²) in [5.74, 6) is 0.525. The molecule has 2 aliphatic carbocycles. The summed E-state index contributed by atoms with van der Waals surface area (Å²) in [6, 6.07) is 0. The van der Waals surface area contributed by atoms with Crippen LogP contribution in [0.4, 0.5) is 0 Å². The van der Waals surface area contributed by atoms with Crippen molar-refractivity contribution < 1.29 is 18.9 Å². The first-order chi connectivity index (χ1) is 16.0. The van der Waals surface area contributed by atoms with Gasteiger partial charge in [0.2, 0.25) is 0 Å². The summed E-state index contributed by atoms with van der Waals surface area (Å²) >= 11 is 0. The molecule has 0 aromatic heterocycles. The number of ether oxygens (including phenoxy) is 1. The Morgan fingerprint density at radius 2 is 2.09 bits per heavy atom. The molecule has 34 heavy (non-hydrogen) atoms. The van der Waals surface area contributed by atoms with Crippen LogP contribution in [0.3, 0.4) is 0 Å². The Labute approximate surface area is 206 Å². The van der Waals surface area contributed by atoms with Crippen LogP contribution in [0.1, 0.15) is 66.2 Å². The number of rotatable bonds is 12. The Bertz CT molecular complexity index is 889. The van der Waals surface area contributed by atoms with Crippen LogP contribution < -0.4 is 5.09 Å². The molecule has 0 bridgehead atoms. The zero-order valence-electron chi connectivity index (χ0n) is 22.0. The lowest BCUT2D eigenvalue weighted by Gasteiger charge is -2.48. The van der Waals surface area contributed by atoms with Gasteiger partial charge in [-0.05, 0) is 84.0 Å². The van der Waals surface area contributed by atoms with Crippen LogP contribution in [0.5, 0.6) is 0 Å². The van der Waals surface area contributed by atoms with E-state index in [1.54, 1.807) is 18.8 Å². The summed E-state index contributed by atoms with van der Waals surface area (Å²) in [6.45, 7) is 13.9. The molecule has 0 radical (unpaired) electrons. The summed E-state index contributed by atoms with van der Waals surface area (Å²) in [4.78, 5) is 0. The van der Waals surface area contributed by atoms with Crippen molar-refractivity contribution in [3.8, 4) is 0 Å². The molecule has 2 N–H and O–H groups in total. The minimum absolute atomic E-state index is 0.00387. The minimum atomic E-state index is -3.37. The Morgan fingerprint density at radius 1 is 1.38 bits per heavy atom. The molecule has 7 heteroatoms. The highest BCUT2D eigenvalue weighted by atomic mass is 31.2. The van der Waals surface area contributed by atoms with Gasteiger partial charge in [-0.3, -0.25) is 9.09 Å². The molecular formula is C27H45N2O4P. The fraction of sp³-hybridized carbons (Fsp3) is 0.704. The van der Waals surface area contributed by atoms with Crippen LogP contribution in [-0.4, -0.2) is 49.2 Å². The summed E-state index contributed by atoms with van der Waals surface area (Å²) in [5.41, 5.74) is 2.71. The van der Waals surface area contributed by atoms with Gasteiger partial charge in [-0.15, -0.1) is 0 Å². The van der Waals surface area contributed by atoms with Gasteiger partial charge in [0.05, 0.1) is 24.2 Å². The molecule has 0 spiro atoms. The summed E-state index contributed by atoms with van der Waals surface area (Å²) in [7, 11) is 0.166. The maximum atomic E-state index is 14.0. The zero-order chi connectivity index (χ0) is 25.1. The van der Waals surface area contributed by atoms with Crippen molar-refractivity contribution in [3.63, 3.8) is 0 Å². The Kier molecular flexibility index (Phi) is 9.08. The Balaban J connectivity index is 2.01. The third-order valence-corrected chi connectivity index (χ3v) is 9.82. The molecule has 192 valence electrons. The van der Waals surface area contributed by atoms with E-state index in [1.807, 2.05) is 6.08 Å². The maximum absolute atomic E-state index is 14.0. The first kappa shape index (κ1) is 27.4. The van der Waals surface area contributed by atoms with Gasteiger partial charge in [0, 0.05) is 6.54 Å². The molecule has 0 amide bonds. The number of epoxide rings is 1. The largest absolute Gasteiger partial charge is 0.512 e. The van der Waals surface area contributed by atoms with Crippen molar-refractivity contribution in [1.82, 2.24) is 9.76 Å². The standard InChI is InChI=1S/C27H45N2O4P/c1-8-9-10-11-21-15-25(30)27(5,24-14-20(4)12-13-23(24)19(2)3)26(16-21)33-34(31,29(6)7)28-17-22-18-32-22/h14-16,22-24,26,30H,2,8-13,17-18H2,1,3-7H3,(H,28,31)/t22?,23-,24+,26?,27?,34?/m0/s1. The predicted octanol–water partition coefficient (Wildman–Crippen LogP) is 6.55. The van der Waals surface area contributed by atoms with Gasteiger partial charge < -0.3 is 9.84 Å².